The molecule has 2 N–H and O–H groups in total. The third-order valence-electron chi connectivity index (χ3n) is 6.49. The average molecular weight is 496 g/mol. The second-order valence-electron chi connectivity index (χ2n) is 9.14. The highest BCUT2D eigenvalue weighted by Gasteiger charge is 2.53. The number of halogens is 1. The van der Waals surface area contributed by atoms with E-state index in [9.17, 15) is 18.8 Å². The molecule has 10 heteroatoms. The van der Waals surface area contributed by atoms with Crippen molar-refractivity contribution in [3.05, 3.63) is 75.8 Å². The van der Waals surface area contributed by atoms with Crippen molar-refractivity contribution in [2.24, 2.45) is 0 Å². The van der Waals surface area contributed by atoms with Crippen molar-refractivity contribution in [2.75, 3.05) is 6.54 Å². The number of carbonyl (C=O) groups is 3. The summed E-state index contributed by atoms with van der Waals surface area (Å²) in [6.45, 7) is 2.59. The van der Waals surface area contributed by atoms with Crippen LogP contribution in [0.4, 0.5) is 4.39 Å². The van der Waals surface area contributed by atoms with E-state index in [1.54, 1.807) is 39.9 Å². The number of thiophene rings is 1. The number of imidazole rings is 1. The molecule has 3 aromatic rings. The first-order valence-electron chi connectivity index (χ1n) is 11.6. The van der Waals surface area contributed by atoms with Gasteiger partial charge in [-0.2, -0.15) is 0 Å². The monoisotopic (exact) mass is 495 g/mol. The van der Waals surface area contributed by atoms with Crippen LogP contribution in [0.2, 0.25) is 0 Å². The molecule has 2 aromatic heterocycles. The molecule has 0 saturated heterocycles. The number of hydrogen-bond donors (Lipinski definition) is 2. The van der Waals surface area contributed by atoms with Crippen LogP contribution in [0.1, 0.15) is 51.2 Å². The molecule has 182 valence electrons. The zero-order valence-electron chi connectivity index (χ0n) is 19.3. The summed E-state index contributed by atoms with van der Waals surface area (Å²) in [6, 6.07) is 9.82. The molecule has 0 radical (unpaired) electrons. The summed E-state index contributed by atoms with van der Waals surface area (Å²) in [6.07, 6.45) is 3.77. The Balaban J connectivity index is 1.33. The molecule has 1 atom stereocenters. The lowest BCUT2D eigenvalue weighted by Gasteiger charge is -2.44. The molecule has 3 heterocycles. The molecular weight excluding hydrogens is 469 g/mol. The highest BCUT2D eigenvalue weighted by molar-refractivity contribution is 7.09. The molecule has 0 bridgehead atoms. The molecule has 3 amide bonds. The predicted molar refractivity (Wildman–Crippen MR) is 128 cm³/mol. The Morgan fingerprint density at radius 2 is 1.97 bits per heavy atom. The van der Waals surface area contributed by atoms with E-state index in [-0.39, 0.29) is 48.2 Å². The molecule has 8 nitrogen and oxygen atoms in total. The SMILES string of the molecule is C[C@]1(C(=O)NCc2ccc(F)cc2)Cn2cnc(C(=O)NCCc3cccs3)c2C(=O)N1C1CC1. The van der Waals surface area contributed by atoms with Crippen LogP contribution in [0.3, 0.4) is 0 Å². The number of amides is 3. The normalized spacial score (nSPS) is 19.4. The van der Waals surface area contributed by atoms with E-state index < -0.39 is 11.4 Å². The quantitative estimate of drug-likeness (QED) is 0.502. The smallest absolute Gasteiger partial charge is 0.274 e. The Morgan fingerprint density at radius 1 is 1.20 bits per heavy atom. The van der Waals surface area contributed by atoms with Crippen LogP contribution >= 0.6 is 11.3 Å². The maximum atomic E-state index is 13.6. The molecule has 1 aliphatic carbocycles. The molecule has 1 saturated carbocycles. The third-order valence-corrected chi connectivity index (χ3v) is 7.42. The summed E-state index contributed by atoms with van der Waals surface area (Å²) in [5.41, 5.74) is -0.0814. The number of fused-ring (bicyclic) bond motifs is 1. The molecule has 2 aliphatic rings. The Morgan fingerprint density at radius 3 is 2.66 bits per heavy atom. The van der Waals surface area contributed by atoms with Gasteiger partial charge in [0.05, 0.1) is 12.9 Å². The Hall–Kier alpha value is -3.53. The van der Waals surface area contributed by atoms with Gasteiger partial charge in [-0.15, -0.1) is 11.3 Å². The number of rotatable bonds is 8. The van der Waals surface area contributed by atoms with Crippen molar-refractivity contribution in [1.82, 2.24) is 25.1 Å². The third kappa shape index (κ3) is 4.58. The van der Waals surface area contributed by atoms with Gasteiger partial charge in [-0.05, 0) is 55.3 Å². The molecule has 0 unspecified atom stereocenters. The van der Waals surface area contributed by atoms with Crippen LogP contribution in [0, 0.1) is 5.82 Å². The lowest BCUT2D eigenvalue weighted by Crippen LogP contribution is -2.64. The number of hydrogen-bond acceptors (Lipinski definition) is 5. The van der Waals surface area contributed by atoms with Crippen molar-refractivity contribution < 1.29 is 18.8 Å². The number of carbonyl (C=O) groups excluding carboxylic acids is 3. The summed E-state index contributed by atoms with van der Waals surface area (Å²) in [4.78, 5) is 46.9. The maximum Gasteiger partial charge on any atom is 0.274 e. The van der Waals surface area contributed by atoms with Gasteiger partial charge >= 0.3 is 0 Å². The topological polar surface area (TPSA) is 96.3 Å². The number of nitrogens with zero attached hydrogens (tertiary/aromatic N) is 3. The van der Waals surface area contributed by atoms with Gasteiger partial charge in [-0.1, -0.05) is 18.2 Å². The van der Waals surface area contributed by atoms with Gasteiger partial charge in [0, 0.05) is 24.0 Å². The van der Waals surface area contributed by atoms with Crippen molar-refractivity contribution in [2.45, 2.75) is 50.9 Å². The van der Waals surface area contributed by atoms with Crippen LogP contribution in [0.25, 0.3) is 0 Å². The van der Waals surface area contributed by atoms with Crippen molar-refractivity contribution in [1.29, 1.82) is 0 Å². The van der Waals surface area contributed by atoms with Gasteiger partial charge in [0.2, 0.25) is 5.91 Å². The molecule has 5 rings (SSSR count). The second-order valence-corrected chi connectivity index (χ2v) is 10.2. The predicted octanol–water partition coefficient (Wildman–Crippen LogP) is 2.75. The molecule has 35 heavy (non-hydrogen) atoms. The number of aromatic nitrogens is 2. The largest absolute Gasteiger partial charge is 0.350 e. The summed E-state index contributed by atoms with van der Waals surface area (Å²) in [7, 11) is 0. The number of nitrogens with one attached hydrogen (secondary N) is 2. The van der Waals surface area contributed by atoms with Crippen LogP contribution in [0.5, 0.6) is 0 Å². The van der Waals surface area contributed by atoms with E-state index >= 15 is 0 Å². The first-order valence-corrected chi connectivity index (χ1v) is 12.5. The molecule has 1 fully saturated rings. The zero-order chi connectivity index (χ0) is 24.6. The highest BCUT2D eigenvalue weighted by atomic mass is 32.1. The first-order chi connectivity index (χ1) is 16.9. The van der Waals surface area contributed by atoms with Crippen molar-refractivity contribution in [3.63, 3.8) is 0 Å². The zero-order valence-corrected chi connectivity index (χ0v) is 20.1. The summed E-state index contributed by atoms with van der Waals surface area (Å²) >= 11 is 1.62. The van der Waals surface area contributed by atoms with E-state index in [1.165, 1.54) is 18.5 Å². The highest BCUT2D eigenvalue weighted by Crippen LogP contribution is 2.38. The van der Waals surface area contributed by atoms with Gasteiger partial charge in [0.15, 0.2) is 5.69 Å². The fourth-order valence-corrected chi connectivity index (χ4v) is 5.24. The summed E-state index contributed by atoms with van der Waals surface area (Å²) in [5, 5.41) is 7.74. The summed E-state index contributed by atoms with van der Waals surface area (Å²) in [5.74, 6) is -1.41. The minimum atomic E-state index is -1.14. The van der Waals surface area contributed by atoms with Gasteiger partial charge in [-0.3, -0.25) is 14.4 Å². The van der Waals surface area contributed by atoms with E-state index in [4.69, 9.17) is 0 Å². The van der Waals surface area contributed by atoms with Gasteiger partial charge in [-0.25, -0.2) is 9.37 Å². The van der Waals surface area contributed by atoms with E-state index in [0.717, 1.165) is 23.3 Å². The van der Waals surface area contributed by atoms with Crippen LogP contribution < -0.4 is 10.6 Å². The minimum Gasteiger partial charge on any atom is -0.350 e. The second kappa shape index (κ2) is 9.26. The van der Waals surface area contributed by atoms with Crippen LogP contribution in [-0.2, 0) is 24.3 Å². The fraction of sp³-hybridized carbons (Fsp3) is 0.360. The van der Waals surface area contributed by atoms with E-state index in [0.29, 0.717) is 13.0 Å². The lowest BCUT2D eigenvalue weighted by atomic mass is 9.93. The molecular formula is C25H26FN5O3S. The standard InChI is InChI=1S/C25H26FN5O3S/c1-25(24(34)28-13-16-4-6-17(26)7-5-16)14-30-15-29-20(21(30)23(33)31(25)18-8-9-18)22(32)27-11-10-19-3-2-12-35-19/h2-7,12,15,18H,8-11,13-14H2,1H3,(H,27,32)(H,28,34)/t25-/m1/s1. The van der Waals surface area contributed by atoms with Crippen molar-refractivity contribution >= 4 is 29.1 Å². The number of benzene rings is 1. The first kappa shape index (κ1) is 23.2. The lowest BCUT2D eigenvalue weighted by molar-refractivity contribution is -0.133. The fourth-order valence-electron chi connectivity index (χ4n) is 4.53. The Kier molecular flexibility index (Phi) is 6.14. The maximum absolute atomic E-state index is 13.6. The van der Waals surface area contributed by atoms with Crippen LogP contribution in [-0.4, -0.2) is 50.3 Å². The average Bonchev–Trinajstić information content (AvgIpc) is 3.35. The van der Waals surface area contributed by atoms with Gasteiger partial charge < -0.3 is 20.1 Å². The molecule has 1 aromatic carbocycles. The van der Waals surface area contributed by atoms with Gasteiger partial charge in [0.1, 0.15) is 17.1 Å². The van der Waals surface area contributed by atoms with Gasteiger partial charge in [0.25, 0.3) is 11.8 Å². The molecule has 1 aliphatic heterocycles. The van der Waals surface area contributed by atoms with Crippen LogP contribution in [0.15, 0.2) is 48.1 Å². The van der Waals surface area contributed by atoms with E-state index in [1.807, 2.05) is 17.5 Å². The Labute approximate surface area is 206 Å². The van der Waals surface area contributed by atoms with E-state index in [2.05, 4.69) is 15.6 Å². The molecule has 0 spiro atoms. The Bertz CT molecular complexity index is 1250. The van der Waals surface area contributed by atoms with Crippen molar-refractivity contribution in [3.8, 4) is 0 Å². The summed E-state index contributed by atoms with van der Waals surface area (Å²) < 4.78 is 14.8. The minimum absolute atomic E-state index is 0.0533.